The van der Waals surface area contributed by atoms with Crippen LogP contribution < -0.4 is 4.74 Å². The third-order valence-corrected chi connectivity index (χ3v) is 2.46. The lowest BCUT2D eigenvalue weighted by molar-refractivity contribution is 0.399. The van der Waals surface area contributed by atoms with Crippen molar-refractivity contribution in [1.82, 2.24) is 9.97 Å². The van der Waals surface area contributed by atoms with Gasteiger partial charge in [-0.3, -0.25) is 4.98 Å². The van der Waals surface area contributed by atoms with Gasteiger partial charge in [0.2, 0.25) is 5.88 Å². The molecule has 0 atom stereocenters. The molecule has 0 saturated carbocycles. The van der Waals surface area contributed by atoms with Crippen LogP contribution in [0.15, 0.2) is 18.3 Å². The molecule has 16 heavy (non-hydrogen) atoms. The van der Waals surface area contributed by atoms with Crippen molar-refractivity contribution in [3.05, 3.63) is 29.7 Å². The van der Waals surface area contributed by atoms with E-state index in [4.69, 9.17) is 4.74 Å². The zero-order valence-electron chi connectivity index (χ0n) is 9.49. The largest absolute Gasteiger partial charge is 0.481 e. The lowest BCUT2D eigenvalue weighted by Crippen LogP contribution is -1.99. The summed E-state index contributed by atoms with van der Waals surface area (Å²) in [5, 5.41) is 0. The minimum atomic E-state index is -0.316. The molecule has 2 rings (SSSR count). The monoisotopic (exact) mass is 220 g/mol. The average molecular weight is 220 g/mol. The van der Waals surface area contributed by atoms with Crippen LogP contribution in [0.3, 0.4) is 0 Å². The second-order valence-electron chi connectivity index (χ2n) is 3.90. The highest BCUT2D eigenvalue weighted by molar-refractivity contribution is 5.78. The third-order valence-electron chi connectivity index (χ3n) is 2.46. The lowest BCUT2D eigenvalue weighted by Gasteiger charge is -2.10. The molecule has 0 saturated heterocycles. The predicted octanol–water partition coefficient (Wildman–Crippen LogP) is 2.90. The number of hydrogen-bond donors (Lipinski definition) is 0. The molecule has 2 aromatic heterocycles. The van der Waals surface area contributed by atoms with E-state index < -0.39 is 0 Å². The normalized spacial score (nSPS) is 11.1. The first-order valence-corrected chi connectivity index (χ1v) is 5.12. The fraction of sp³-hybridized carbons (Fsp3) is 0.333. The Labute approximate surface area is 93.3 Å². The summed E-state index contributed by atoms with van der Waals surface area (Å²) in [5.41, 5.74) is 1.85. The number of fused-ring (bicyclic) bond motifs is 1. The van der Waals surface area contributed by atoms with E-state index >= 15 is 0 Å². The van der Waals surface area contributed by atoms with Crippen molar-refractivity contribution >= 4 is 11.0 Å². The van der Waals surface area contributed by atoms with Crippen molar-refractivity contribution in [2.75, 3.05) is 7.11 Å². The predicted molar refractivity (Wildman–Crippen MR) is 60.1 cm³/mol. The molecule has 2 heterocycles. The zero-order valence-corrected chi connectivity index (χ0v) is 9.49. The summed E-state index contributed by atoms with van der Waals surface area (Å²) in [6.45, 7) is 3.86. The molecule has 0 radical (unpaired) electrons. The number of rotatable bonds is 2. The SMILES string of the molecule is COc1ccc2ncc(F)c(C(C)C)c2n1. The van der Waals surface area contributed by atoms with Crippen molar-refractivity contribution in [3.63, 3.8) is 0 Å². The Morgan fingerprint density at radius 1 is 1.31 bits per heavy atom. The molecule has 84 valence electrons. The van der Waals surface area contributed by atoms with Crippen molar-refractivity contribution in [3.8, 4) is 5.88 Å². The van der Waals surface area contributed by atoms with E-state index in [1.807, 2.05) is 13.8 Å². The topological polar surface area (TPSA) is 35.0 Å². The third kappa shape index (κ3) is 1.71. The van der Waals surface area contributed by atoms with Gasteiger partial charge in [-0.05, 0) is 12.0 Å². The standard InChI is InChI=1S/C12H13FN2O/c1-7(2)11-8(13)6-14-9-4-5-10(16-3)15-12(9)11/h4-7H,1-3H3. The molecule has 0 unspecified atom stereocenters. The van der Waals surface area contributed by atoms with Gasteiger partial charge in [0.25, 0.3) is 0 Å². The molecule has 4 heteroatoms. The smallest absolute Gasteiger partial charge is 0.213 e. The van der Waals surface area contributed by atoms with Gasteiger partial charge in [0.05, 0.1) is 24.3 Å². The maximum atomic E-state index is 13.7. The number of hydrogen-bond acceptors (Lipinski definition) is 3. The number of pyridine rings is 2. The number of methoxy groups -OCH3 is 1. The van der Waals surface area contributed by atoms with Crippen molar-refractivity contribution in [2.45, 2.75) is 19.8 Å². The Kier molecular flexibility index (Phi) is 2.73. The molecule has 0 aliphatic heterocycles. The van der Waals surface area contributed by atoms with Crippen molar-refractivity contribution in [2.24, 2.45) is 0 Å². The summed E-state index contributed by atoms with van der Waals surface area (Å²) in [4.78, 5) is 8.26. The second-order valence-corrected chi connectivity index (χ2v) is 3.90. The molecule has 0 spiro atoms. The van der Waals surface area contributed by atoms with Gasteiger partial charge in [0.15, 0.2) is 0 Å². The summed E-state index contributed by atoms with van der Waals surface area (Å²) < 4.78 is 18.7. The van der Waals surface area contributed by atoms with E-state index in [0.29, 0.717) is 22.5 Å². The van der Waals surface area contributed by atoms with Crippen LogP contribution in [0.5, 0.6) is 5.88 Å². The summed E-state index contributed by atoms with van der Waals surface area (Å²) in [6, 6.07) is 3.50. The molecule has 0 aliphatic carbocycles. The maximum absolute atomic E-state index is 13.7. The Morgan fingerprint density at radius 3 is 2.69 bits per heavy atom. The fourth-order valence-electron chi connectivity index (χ4n) is 1.71. The van der Waals surface area contributed by atoms with E-state index in [-0.39, 0.29) is 11.7 Å². The highest BCUT2D eigenvalue weighted by Crippen LogP contribution is 2.26. The first kappa shape index (κ1) is 10.8. The number of nitrogens with zero attached hydrogens (tertiary/aromatic N) is 2. The van der Waals surface area contributed by atoms with Gasteiger partial charge in [-0.1, -0.05) is 13.8 Å². The quantitative estimate of drug-likeness (QED) is 0.780. The number of aromatic nitrogens is 2. The molecule has 0 amide bonds. The molecule has 0 bridgehead atoms. The Hall–Kier alpha value is -1.71. The molecule has 0 aromatic carbocycles. The highest BCUT2D eigenvalue weighted by atomic mass is 19.1. The molecule has 0 fully saturated rings. The van der Waals surface area contributed by atoms with Crippen LogP contribution in [-0.2, 0) is 0 Å². The van der Waals surface area contributed by atoms with Gasteiger partial charge >= 0.3 is 0 Å². The van der Waals surface area contributed by atoms with Crippen LogP contribution in [0.4, 0.5) is 4.39 Å². The zero-order chi connectivity index (χ0) is 11.7. The van der Waals surface area contributed by atoms with Crippen LogP contribution in [0, 0.1) is 5.82 Å². The maximum Gasteiger partial charge on any atom is 0.213 e. The summed E-state index contributed by atoms with van der Waals surface area (Å²) >= 11 is 0. The van der Waals surface area contributed by atoms with Gasteiger partial charge in [-0.2, -0.15) is 0 Å². The van der Waals surface area contributed by atoms with Gasteiger partial charge in [0, 0.05) is 11.6 Å². The minimum absolute atomic E-state index is 0.0603. The van der Waals surface area contributed by atoms with E-state index in [0.717, 1.165) is 0 Å². The van der Waals surface area contributed by atoms with Crippen LogP contribution >= 0.6 is 0 Å². The first-order chi connectivity index (χ1) is 7.63. The van der Waals surface area contributed by atoms with Crippen LogP contribution in [0.1, 0.15) is 25.3 Å². The molecule has 0 aliphatic rings. The van der Waals surface area contributed by atoms with Crippen molar-refractivity contribution in [1.29, 1.82) is 0 Å². The van der Waals surface area contributed by atoms with Crippen molar-refractivity contribution < 1.29 is 9.13 Å². The van der Waals surface area contributed by atoms with E-state index in [1.165, 1.54) is 13.3 Å². The van der Waals surface area contributed by atoms with Gasteiger partial charge in [0.1, 0.15) is 5.82 Å². The fourth-order valence-corrected chi connectivity index (χ4v) is 1.71. The van der Waals surface area contributed by atoms with Crippen LogP contribution in [0.2, 0.25) is 0 Å². The Bertz CT molecular complexity index is 526. The molecule has 2 aromatic rings. The lowest BCUT2D eigenvalue weighted by atomic mass is 10.0. The van der Waals surface area contributed by atoms with E-state index in [1.54, 1.807) is 12.1 Å². The first-order valence-electron chi connectivity index (χ1n) is 5.12. The second kappa shape index (κ2) is 4.04. The number of halogens is 1. The highest BCUT2D eigenvalue weighted by Gasteiger charge is 2.14. The summed E-state index contributed by atoms with van der Waals surface area (Å²) in [6.07, 6.45) is 1.24. The molecular weight excluding hydrogens is 207 g/mol. The molecular formula is C12H13FN2O. The van der Waals surface area contributed by atoms with E-state index in [9.17, 15) is 4.39 Å². The van der Waals surface area contributed by atoms with Crippen LogP contribution in [-0.4, -0.2) is 17.1 Å². The van der Waals surface area contributed by atoms with Gasteiger partial charge in [-0.25, -0.2) is 9.37 Å². The molecule has 3 nitrogen and oxygen atoms in total. The van der Waals surface area contributed by atoms with Crippen LogP contribution in [0.25, 0.3) is 11.0 Å². The average Bonchev–Trinajstić information content (AvgIpc) is 2.27. The Balaban J connectivity index is 2.78. The van der Waals surface area contributed by atoms with Gasteiger partial charge < -0.3 is 4.74 Å². The minimum Gasteiger partial charge on any atom is -0.481 e. The Morgan fingerprint density at radius 2 is 2.06 bits per heavy atom. The number of ether oxygens (including phenoxy) is 1. The van der Waals surface area contributed by atoms with Gasteiger partial charge in [-0.15, -0.1) is 0 Å². The van der Waals surface area contributed by atoms with E-state index in [2.05, 4.69) is 9.97 Å². The summed E-state index contributed by atoms with van der Waals surface area (Å²) in [5.74, 6) is 0.218. The summed E-state index contributed by atoms with van der Waals surface area (Å²) in [7, 11) is 1.54. The molecule has 0 N–H and O–H groups in total.